The summed E-state index contributed by atoms with van der Waals surface area (Å²) in [6.45, 7) is 5.43. The lowest BCUT2D eigenvalue weighted by molar-refractivity contribution is 0.447. The van der Waals surface area contributed by atoms with Crippen LogP contribution in [0.2, 0.25) is 0 Å². The molecule has 2 nitrogen and oxygen atoms in total. The third-order valence-electron chi connectivity index (χ3n) is 3.45. The van der Waals surface area contributed by atoms with Gasteiger partial charge in [-0.3, -0.25) is 0 Å². The van der Waals surface area contributed by atoms with Crippen LogP contribution in [-0.4, -0.2) is 18.6 Å². The molecule has 1 aromatic carbocycles. The smallest absolute Gasteiger partial charge is 0.134 e. The summed E-state index contributed by atoms with van der Waals surface area (Å²) in [7, 11) is 0. The minimum atomic E-state index is 0.282. The molecule has 104 valence electrons. The molecular weight excluding hydrogens is 254 g/mol. The van der Waals surface area contributed by atoms with Crippen molar-refractivity contribution in [1.82, 2.24) is 5.32 Å². The van der Waals surface area contributed by atoms with Gasteiger partial charge in [0.15, 0.2) is 0 Å². The molecule has 1 aromatic heterocycles. The molecule has 2 rings (SSSR count). The van der Waals surface area contributed by atoms with Gasteiger partial charge in [-0.05, 0) is 44.4 Å². The highest BCUT2D eigenvalue weighted by Gasteiger charge is 2.17. The highest BCUT2D eigenvalue weighted by molar-refractivity contribution is 7.98. The molecule has 0 saturated heterocycles. The molecule has 0 radical (unpaired) electrons. The summed E-state index contributed by atoms with van der Waals surface area (Å²) < 4.78 is 6.04. The summed E-state index contributed by atoms with van der Waals surface area (Å²) in [6.07, 6.45) is 4.37. The Bertz CT molecular complexity index is 520. The number of aryl methyl sites for hydroxylation is 1. The summed E-state index contributed by atoms with van der Waals surface area (Å²) in [5.41, 5.74) is 2.35. The molecule has 0 spiro atoms. The fraction of sp³-hybridized carbons (Fsp3) is 0.500. The Balaban J connectivity index is 2.14. The minimum Gasteiger partial charge on any atom is -0.459 e. The van der Waals surface area contributed by atoms with Gasteiger partial charge in [-0.1, -0.05) is 25.1 Å². The summed E-state index contributed by atoms with van der Waals surface area (Å²) in [5.74, 6) is 2.31. The molecule has 0 fully saturated rings. The molecule has 0 saturated carbocycles. The number of thioether (sulfide) groups is 1. The molecule has 2 aromatic rings. The van der Waals surface area contributed by atoms with E-state index >= 15 is 0 Å². The standard InChI is InChI=1S/C16H23NOS/c1-4-13-14-8-5-6-9-15(14)18-16(13)12(2)17-10-7-11-19-3/h5-6,8-9,12,17H,4,7,10-11H2,1-3H3. The zero-order valence-corrected chi connectivity index (χ0v) is 12.8. The molecule has 3 heteroatoms. The fourth-order valence-electron chi connectivity index (χ4n) is 2.46. The molecule has 1 N–H and O–H groups in total. The Morgan fingerprint density at radius 1 is 1.32 bits per heavy atom. The number of hydrogen-bond acceptors (Lipinski definition) is 3. The van der Waals surface area contributed by atoms with Crippen LogP contribution < -0.4 is 5.32 Å². The summed E-state index contributed by atoms with van der Waals surface area (Å²) in [4.78, 5) is 0. The third-order valence-corrected chi connectivity index (χ3v) is 4.15. The first-order valence-corrected chi connectivity index (χ1v) is 8.40. The second-order valence-corrected chi connectivity index (χ2v) is 5.80. The normalized spacial score (nSPS) is 13.0. The maximum Gasteiger partial charge on any atom is 0.134 e. The monoisotopic (exact) mass is 277 g/mol. The number of rotatable bonds is 7. The van der Waals surface area contributed by atoms with Crippen molar-refractivity contribution < 1.29 is 4.42 Å². The summed E-state index contributed by atoms with van der Waals surface area (Å²) in [6, 6.07) is 8.60. The van der Waals surface area contributed by atoms with Crippen LogP contribution in [0.15, 0.2) is 28.7 Å². The molecule has 0 aliphatic heterocycles. The molecule has 0 bridgehead atoms. The lowest BCUT2D eigenvalue weighted by Crippen LogP contribution is -2.20. The minimum absolute atomic E-state index is 0.282. The number of furan rings is 1. The summed E-state index contributed by atoms with van der Waals surface area (Å²) >= 11 is 1.90. The second-order valence-electron chi connectivity index (χ2n) is 4.82. The molecule has 1 unspecified atom stereocenters. The van der Waals surface area contributed by atoms with Gasteiger partial charge in [0.2, 0.25) is 0 Å². The average Bonchev–Trinajstić information content (AvgIpc) is 2.82. The van der Waals surface area contributed by atoms with E-state index in [1.165, 1.54) is 23.1 Å². The van der Waals surface area contributed by atoms with Crippen LogP contribution in [-0.2, 0) is 6.42 Å². The number of nitrogens with one attached hydrogen (secondary N) is 1. The van der Waals surface area contributed by atoms with E-state index < -0.39 is 0 Å². The van der Waals surface area contributed by atoms with E-state index in [2.05, 4.69) is 43.6 Å². The van der Waals surface area contributed by atoms with Crippen LogP contribution in [0.25, 0.3) is 11.0 Å². The van der Waals surface area contributed by atoms with E-state index in [9.17, 15) is 0 Å². The lowest BCUT2D eigenvalue weighted by Gasteiger charge is -2.12. The number of fused-ring (bicyclic) bond motifs is 1. The van der Waals surface area contributed by atoms with Crippen molar-refractivity contribution in [3.05, 3.63) is 35.6 Å². The lowest BCUT2D eigenvalue weighted by atomic mass is 10.1. The summed E-state index contributed by atoms with van der Waals surface area (Å²) in [5, 5.41) is 4.82. The Labute approximate surface area is 119 Å². The van der Waals surface area contributed by atoms with Gasteiger partial charge in [-0.15, -0.1) is 0 Å². The van der Waals surface area contributed by atoms with E-state index in [1.54, 1.807) is 0 Å². The van der Waals surface area contributed by atoms with Crippen molar-refractivity contribution >= 4 is 22.7 Å². The third kappa shape index (κ3) is 3.34. The molecular formula is C16H23NOS. The van der Waals surface area contributed by atoms with Crippen LogP contribution >= 0.6 is 11.8 Å². The van der Waals surface area contributed by atoms with Crippen molar-refractivity contribution in [2.45, 2.75) is 32.7 Å². The van der Waals surface area contributed by atoms with Crippen LogP contribution in [0.3, 0.4) is 0 Å². The molecule has 0 aliphatic carbocycles. The van der Waals surface area contributed by atoms with Gasteiger partial charge in [0, 0.05) is 10.9 Å². The van der Waals surface area contributed by atoms with Crippen molar-refractivity contribution in [2.75, 3.05) is 18.6 Å². The van der Waals surface area contributed by atoms with Gasteiger partial charge in [0.05, 0.1) is 6.04 Å². The first-order valence-electron chi connectivity index (χ1n) is 7.00. The largest absolute Gasteiger partial charge is 0.459 e. The quantitative estimate of drug-likeness (QED) is 0.759. The van der Waals surface area contributed by atoms with Gasteiger partial charge >= 0.3 is 0 Å². The van der Waals surface area contributed by atoms with E-state index in [-0.39, 0.29) is 6.04 Å². The van der Waals surface area contributed by atoms with Gasteiger partial charge in [0.25, 0.3) is 0 Å². The molecule has 0 aliphatic rings. The van der Waals surface area contributed by atoms with Crippen LogP contribution in [0.5, 0.6) is 0 Å². The first-order chi connectivity index (χ1) is 9.27. The number of benzene rings is 1. The molecule has 0 amide bonds. The Kier molecular flexibility index (Phi) is 5.34. The van der Waals surface area contributed by atoms with Crippen LogP contribution in [0.1, 0.15) is 37.6 Å². The maximum absolute atomic E-state index is 6.04. The van der Waals surface area contributed by atoms with E-state index in [1.807, 2.05) is 17.8 Å². The van der Waals surface area contributed by atoms with E-state index in [4.69, 9.17) is 4.42 Å². The Hall–Kier alpha value is -0.930. The van der Waals surface area contributed by atoms with Crippen molar-refractivity contribution in [3.8, 4) is 0 Å². The van der Waals surface area contributed by atoms with Gasteiger partial charge < -0.3 is 9.73 Å². The number of hydrogen-bond donors (Lipinski definition) is 1. The maximum atomic E-state index is 6.04. The topological polar surface area (TPSA) is 25.2 Å². The predicted molar refractivity (Wildman–Crippen MR) is 85.0 cm³/mol. The first kappa shape index (κ1) is 14.5. The molecule has 19 heavy (non-hydrogen) atoms. The molecule has 1 heterocycles. The zero-order valence-electron chi connectivity index (χ0n) is 12.0. The average molecular weight is 277 g/mol. The highest BCUT2D eigenvalue weighted by atomic mass is 32.2. The highest BCUT2D eigenvalue weighted by Crippen LogP contribution is 2.30. The van der Waals surface area contributed by atoms with Crippen LogP contribution in [0, 0.1) is 0 Å². The Morgan fingerprint density at radius 2 is 2.11 bits per heavy atom. The van der Waals surface area contributed by atoms with E-state index in [0.717, 1.165) is 24.3 Å². The van der Waals surface area contributed by atoms with Crippen molar-refractivity contribution in [2.24, 2.45) is 0 Å². The predicted octanol–water partition coefficient (Wildman–Crippen LogP) is 4.40. The zero-order chi connectivity index (χ0) is 13.7. The fourth-order valence-corrected chi connectivity index (χ4v) is 2.89. The van der Waals surface area contributed by atoms with Crippen LogP contribution in [0.4, 0.5) is 0 Å². The van der Waals surface area contributed by atoms with Gasteiger partial charge in [-0.2, -0.15) is 11.8 Å². The van der Waals surface area contributed by atoms with Gasteiger partial charge in [0.1, 0.15) is 11.3 Å². The van der Waals surface area contributed by atoms with Gasteiger partial charge in [-0.25, -0.2) is 0 Å². The second kappa shape index (κ2) is 7.01. The Morgan fingerprint density at radius 3 is 2.84 bits per heavy atom. The van der Waals surface area contributed by atoms with Crippen molar-refractivity contribution in [1.29, 1.82) is 0 Å². The SMILES string of the molecule is CCc1c(C(C)NCCCSC)oc2ccccc12. The number of para-hydroxylation sites is 1. The van der Waals surface area contributed by atoms with Crippen molar-refractivity contribution in [3.63, 3.8) is 0 Å². The molecule has 1 atom stereocenters. The van der Waals surface area contributed by atoms with E-state index in [0.29, 0.717) is 0 Å².